The molecule has 0 saturated carbocycles. The van der Waals surface area contributed by atoms with Crippen LogP contribution in [0, 0.1) is 0 Å². The van der Waals surface area contributed by atoms with Crippen LogP contribution in [0.25, 0.3) is 0 Å². The van der Waals surface area contributed by atoms with Gasteiger partial charge >= 0.3 is 0 Å². The molecular weight excluding hydrogens is 295 g/mol. The largest absolute Gasteiger partial charge is 0.342 e. The monoisotopic (exact) mass is 314 g/mol. The molecule has 5 heteroatoms. The lowest BCUT2D eigenvalue weighted by molar-refractivity contribution is -0.132. The lowest BCUT2D eigenvalue weighted by Crippen LogP contribution is -2.51. The first-order valence-electron chi connectivity index (χ1n) is 6.84. The molecule has 3 nitrogen and oxygen atoms in total. The van der Waals surface area contributed by atoms with Gasteiger partial charge < -0.3 is 10.2 Å². The van der Waals surface area contributed by atoms with Gasteiger partial charge in [0, 0.05) is 18.6 Å². The lowest BCUT2D eigenvalue weighted by Gasteiger charge is -2.39. The summed E-state index contributed by atoms with van der Waals surface area (Å²) >= 11 is 11.9. The van der Waals surface area contributed by atoms with E-state index in [9.17, 15) is 4.79 Å². The first-order chi connectivity index (χ1) is 9.43. The van der Waals surface area contributed by atoms with Gasteiger partial charge in [-0.2, -0.15) is 0 Å². The van der Waals surface area contributed by atoms with Gasteiger partial charge in [0.2, 0.25) is 5.91 Å². The minimum atomic E-state index is 0.153. The smallest absolute Gasteiger partial charge is 0.226 e. The molecule has 1 heterocycles. The quantitative estimate of drug-likeness (QED) is 0.929. The summed E-state index contributed by atoms with van der Waals surface area (Å²) in [7, 11) is 1.98. The predicted octanol–water partition coefficient (Wildman–Crippen LogP) is 3.14. The Morgan fingerprint density at radius 3 is 2.50 bits per heavy atom. The number of hydrogen-bond acceptors (Lipinski definition) is 2. The molecule has 0 unspecified atom stereocenters. The maximum absolute atomic E-state index is 12.3. The van der Waals surface area contributed by atoms with Gasteiger partial charge in [0.05, 0.1) is 16.5 Å². The van der Waals surface area contributed by atoms with Gasteiger partial charge in [-0.25, -0.2) is 0 Å². The van der Waals surface area contributed by atoms with Crippen LogP contribution in [-0.2, 0) is 11.2 Å². The summed E-state index contributed by atoms with van der Waals surface area (Å²) in [5.74, 6) is 0.154. The Bertz CT molecular complexity index is 497. The number of halogens is 2. The minimum Gasteiger partial charge on any atom is -0.342 e. The molecule has 0 aliphatic carbocycles. The molecule has 1 aromatic carbocycles. The van der Waals surface area contributed by atoms with Crippen LogP contribution >= 0.6 is 23.2 Å². The Kier molecular flexibility index (Phi) is 4.95. The third-order valence-corrected chi connectivity index (χ3v) is 4.90. The molecule has 1 aromatic rings. The highest BCUT2D eigenvalue weighted by atomic mass is 35.5. The van der Waals surface area contributed by atoms with E-state index in [0.29, 0.717) is 16.5 Å². The summed E-state index contributed by atoms with van der Waals surface area (Å²) in [6.07, 6.45) is 2.35. The van der Waals surface area contributed by atoms with E-state index in [-0.39, 0.29) is 11.4 Å². The van der Waals surface area contributed by atoms with E-state index in [4.69, 9.17) is 23.2 Å². The molecule has 110 valence electrons. The van der Waals surface area contributed by atoms with Crippen molar-refractivity contribution >= 4 is 29.1 Å². The van der Waals surface area contributed by atoms with Gasteiger partial charge in [0.25, 0.3) is 0 Å². The van der Waals surface area contributed by atoms with Crippen LogP contribution in [0.3, 0.4) is 0 Å². The van der Waals surface area contributed by atoms with Crippen LogP contribution < -0.4 is 5.32 Å². The minimum absolute atomic E-state index is 0.153. The van der Waals surface area contributed by atoms with Gasteiger partial charge in [0.1, 0.15) is 0 Å². The standard InChI is InChI=1S/C15H20Cl2N2O/c1-15(18-2)5-7-19(8-6-15)14(20)10-11-3-4-12(16)13(17)9-11/h3-4,9,18H,5-8,10H2,1-2H3. The highest BCUT2D eigenvalue weighted by Crippen LogP contribution is 2.24. The maximum atomic E-state index is 12.3. The number of piperidine rings is 1. The maximum Gasteiger partial charge on any atom is 0.226 e. The van der Waals surface area contributed by atoms with E-state index in [0.717, 1.165) is 31.5 Å². The number of amides is 1. The Balaban J connectivity index is 1.94. The Morgan fingerprint density at radius 2 is 1.95 bits per heavy atom. The van der Waals surface area contributed by atoms with Crippen LogP contribution in [0.15, 0.2) is 18.2 Å². The fourth-order valence-corrected chi connectivity index (χ4v) is 2.76. The number of benzene rings is 1. The Hall–Kier alpha value is -0.770. The van der Waals surface area contributed by atoms with Gasteiger partial charge in [0.15, 0.2) is 0 Å². The van der Waals surface area contributed by atoms with Crippen molar-refractivity contribution < 1.29 is 4.79 Å². The zero-order chi connectivity index (χ0) is 14.8. The van der Waals surface area contributed by atoms with Crippen LogP contribution in [0.4, 0.5) is 0 Å². The van der Waals surface area contributed by atoms with Crippen molar-refractivity contribution in [3.8, 4) is 0 Å². The summed E-state index contributed by atoms with van der Waals surface area (Å²) < 4.78 is 0. The molecule has 1 fully saturated rings. The zero-order valence-electron chi connectivity index (χ0n) is 11.9. The van der Waals surface area contributed by atoms with Gasteiger partial charge in [-0.1, -0.05) is 29.3 Å². The molecule has 1 amide bonds. The second kappa shape index (κ2) is 6.33. The highest BCUT2D eigenvalue weighted by molar-refractivity contribution is 6.42. The molecule has 1 saturated heterocycles. The summed E-state index contributed by atoms with van der Waals surface area (Å²) in [5.41, 5.74) is 1.06. The van der Waals surface area contributed by atoms with Crippen LogP contribution in [0.1, 0.15) is 25.3 Å². The molecule has 1 aliphatic rings. The van der Waals surface area contributed by atoms with Crippen molar-refractivity contribution in [2.24, 2.45) is 0 Å². The number of rotatable bonds is 3. The van der Waals surface area contributed by atoms with Gasteiger partial charge in [-0.3, -0.25) is 4.79 Å². The molecule has 0 radical (unpaired) electrons. The fraction of sp³-hybridized carbons (Fsp3) is 0.533. The predicted molar refractivity (Wildman–Crippen MR) is 83.4 cm³/mol. The first-order valence-corrected chi connectivity index (χ1v) is 7.60. The molecule has 0 atom stereocenters. The van der Waals surface area contributed by atoms with Crippen LogP contribution in [0.5, 0.6) is 0 Å². The third-order valence-electron chi connectivity index (χ3n) is 4.16. The summed E-state index contributed by atoms with van der Waals surface area (Å²) in [4.78, 5) is 14.2. The second-order valence-electron chi connectivity index (χ2n) is 5.62. The first kappa shape index (κ1) is 15.6. The van der Waals surface area contributed by atoms with Crippen molar-refractivity contribution in [1.82, 2.24) is 10.2 Å². The van der Waals surface area contributed by atoms with Crippen molar-refractivity contribution in [3.05, 3.63) is 33.8 Å². The molecule has 20 heavy (non-hydrogen) atoms. The fourth-order valence-electron chi connectivity index (χ4n) is 2.44. The summed E-state index contributed by atoms with van der Waals surface area (Å²) in [5, 5.41) is 4.35. The Morgan fingerprint density at radius 1 is 1.30 bits per heavy atom. The van der Waals surface area contributed by atoms with E-state index in [2.05, 4.69) is 12.2 Å². The Labute approximate surface area is 130 Å². The average molecular weight is 315 g/mol. The van der Waals surface area contributed by atoms with Gasteiger partial charge in [-0.05, 0) is 44.5 Å². The van der Waals surface area contributed by atoms with Crippen molar-refractivity contribution in [2.75, 3.05) is 20.1 Å². The zero-order valence-corrected chi connectivity index (χ0v) is 13.4. The van der Waals surface area contributed by atoms with Gasteiger partial charge in [-0.15, -0.1) is 0 Å². The van der Waals surface area contributed by atoms with E-state index < -0.39 is 0 Å². The molecule has 0 spiro atoms. The molecule has 0 bridgehead atoms. The number of likely N-dealkylation sites (tertiary alicyclic amines) is 1. The van der Waals surface area contributed by atoms with E-state index in [1.54, 1.807) is 12.1 Å². The molecule has 2 rings (SSSR count). The van der Waals surface area contributed by atoms with E-state index in [1.165, 1.54) is 0 Å². The van der Waals surface area contributed by atoms with Crippen molar-refractivity contribution in [3.63, 3.8) is 0 Å². The number of nitrogens with one attached hydrogen (secondary N) is 1. The third kappa shape index (κ3) is 3.66. The van der Waals surface area contributed by atoms with Crippen molar-refractivity contribution in [2.45, 2.75) is 31.7 Å². The molecule has 1 N–H and O–H groups in total. The average Bonchev–Trinajstić information content (AvgIpc) is 2.43. The molecular formula is C15H20Cl2N2O. The van der Waals surface area contributed by atoms with E-state index in [1.807, 2.05) is 18.0 Å². The molecule has 1 aliphatic heterocycles. The van der Waals surface area contributed by atoms with Crippen LogP contribution in [0.2, 0.25) is 10.0 Å². The topological polar surface area (TPSA) is 32.3 Å². The summed E-state index contributed by atoms with van der Waals surface area (Å²) in [6.45, 7) is 3.81. The normalized spacial score (nSPS) is 18.1. The number of hydrogen-bond donors (Lipinski definition) is 1. The second-order valence-corrected chi connectivity index (χ2v) is 6.43. The SMILES string of the molecule is CNC1(C)CCN(C(=O)Cc2ccc(Cl)c(Cl)c2)CC1. The highest BCUT2D eigenvalue weighted by Gasteiger charge is 2.30. The number of carbonyl (C=O) groups is 1. The van der Waals surface area contributed by atoms with E-state index >= 15 is 0 Å². The lowest BCUT2D eigenvalue weighted by atomic mass is 9.89. The number of carbonyl (C=O) groups excluding carboxylic acids is 1. The molecule has 0 aromatic heterocycles. The number of nitrogens with zero attached hydrogens (tertiary/aromatic N) is 1. The summed E-state index contributed by atoms with van der Waals surface area (Å²) in [6, 6.07) is 5.36. The van der Waals surface area contributed by atoms with Crippen LogP contribution in [-0.4, -0.2) is 36.5 Å². The van der Waals surface area contributed by atoms with Crippen molar-refractivity contribution in [1.29, 1.82) is 0 Å².